The van der Waals surface area contributed by atoms with Crippen LogP contribution in [0.1, 0.15) is 13.8 Å². The fraction of sp³-hybridized carbons (Fsp3) is 0.471. The summed E-state index contributed by atoms with van der Waals surface area (Å²) in [5, 5.41) is 13.6. The normalized spacial score (nSPS) is 8.10. The molecule has 0 heterocycles. The van der Waals surface area contributed by atoms with Crippen molar-refractivity contribution in [1.82, 2.24) is 0 Å². The molecule has 0 unspecified atom stereocenters. The summed E-state index contributed by atoms with van der Waals surface area (Å²) in [6, 6.07) is 14.7. The Morgan fingerprint density at radius 3 is 1.71 bits per heavy atom. The van der Waals surface area contributed by atoms with E-state index in [-0.39, 0.29) is 21.7 Å². The Morgan fingerprint density at radius 1 is 0.857 bits per heavy atom. The van der Waals surface area contributed by atoms with Crippen molar-refractivity contribution in [2.24, 2.45) is 0 Å². The standard InChI is InChI=1S/C9H7.C4H10N.2C2H6N.Ti/c1-2-5-9-7-3-6-8(9)4-1;1-3-5-4-2;2*1-3-2;/h1-7H;3-4H2,1-2H3;2*1-2H3;/q4*-1;+4. The second-order valence-electron chi connectivity index (χ2n) is 3.91. The third kappa shape index (κ3) is 17.4. The van der Waals surface area contributed by atoms with Gasteiger partial charge >= 0.3 is 21.7 Å². The SMILES string of the molecule is CC[N-]CC.C[N-]C.C[N-]C.[Ti+4].c1ccc2[cH-]ccc2c1. The van der Waals surface area contributed by atoms with Crippen LogP contribution in [0.3, 0.4) is 0 Å². The predicted molar refractivity (Wildman–Crippen MR) is 94.4 cm³/mol. The molecule has 21 heavy (non-hydrogen) atoms. The van der Waals surface area contributed by atoms with E-state index < -0.39 is 0 Å². The number of rotatable bonds is 2. The number of hydrogen-bond acceptors (Lipinski definition) is 0. The third-order valence-corrected chi connectivity index (χ3v) is 1.99. The zero-order valence-electron chi connectivity index (χ0n) is 14.3. The minimum absolute atomic E-state index is 0. The van der Waals surface area contributed by atoms with Crippen LogP contribution in [-0.2, 0) is 21.7 Å². The van der Waals surface area contributed by atoms with Gasteiger partial charge in [0.1, 0.15) is 0 Å². The zero-order chi connectivity index (χ0) is 15.6. The molecule has 0 spiro atoms. The van der Waals surface area contributed by atoms with E-state index in [0.29, 0.717) is 0 Å². The van der Waals surface area contributed by atoms with Gasteiger partial charge in [-0.3, -0.25) is 0 Å². The number of nitrogens with zero attached hydrogens (tertiary/aromatic N) is 3. The van der Waals surface area contributed by atoms with E-state index in [1.165, 1.54) is 10.8 Å². The Morgan fingerprint density at radius 2 is 1.33 bits per heavy atom. The van der Waals surface area contributed by atoms with Crippen LogP contribution in [0.4, 0.5) is 0 Å². The van der Waals surface area contributed by atoms with Crippen LogP contribution in [-0.4, -0.2) is 41.3 Å². The van der Waals surface area contributed by atoms with E-state index in [1.54, 1.807) is 28.2 Å². The van der Waals surface area contributed by atoms with Gasteiger partial charge in [0.15, 0.2) is 0 Å². The summed E-state index contributed by atoms with van der Waals surface area (Å²) in [6.07, 6.45) is 0. The largest absolute Gasteiger partial charge is 4.00 e. The van der Waals surface area contributed by atoms with Gasteiger partial charge in [0, 0.05) is 0 Å². The summed E-state index contributed by atoms with van der Waals surface area (Å²) in [5.41, 5.74) is 0. The van der Waals surface area contributed by atoms with E-state index in [9.17, 15) is 0 Å². The molecule has 3 nitrogen and oxygen atoms in total. The molecule has 0 N–H and O–H groups in total. The van der Waals surface area contributed by atoms with Gasteiger partial charge in [0.25, 0.3) is 0 Å². The van der Waals surface area contributed by atoms with Crippen molar-refractivity contribution in [2.45, 2.75) is 13.8 Å². The minimum atomic E-state index is 0. The summed E-state index contributed by atoms with van der Waals surface area (Å²) in [6.45, 7) is 6.03. The van der Waals surface area contributed by atoms with Crippen molar-refractivity contribution >= 4 is 10.8 Å². The second kappa shape index (κ2) is 21.7. The monoisotopic (exact) mass is 323 g/mol. The van der Waals surface area contributed by atoms with Crippen LogP contribution in [0.25, 0.3) is 26.7 Å². The van der Waals surface area contributed by atoms with E-state index in [1.807, 2.05) is 13.8 Å². The first-order chi connectivity index (χ1) is 9.71. The molecular weight excluding hydrogens is 294 g/mol. The summed E-state index contributed by atoms with van der Waals surface area (Å²) < 4.78 is 0. The second-order valence-corrected chi connectivity index (χ2v) is 3.91. The molecule has 2 aromatic rings. The van der Waals surface area contributed by atoms with Gasteiger partial charge < -0.3 is 16.0 Å². The number of fused-ring (bicyclic) bond motifs is 1. The van der Waals surface area contributed by atoms with E-state index in [0.717, 1.165) is 13.1 Å². The predicted octanol–water partition coefficient (Wildman–Crippen LogP) is 5.20. The molecule has 2 rings (SSSR count). The molecule has 0 aliphatic heterocycles. The van der Waals surface area contributed by atoms with Crippen LogP contribution < -0.4 is 0 Å². The minimum Gasteiger partial charge on any atom is -0.668 e. The van der Waals surface area contributed by atoms with Gasteiger partial charge in [-0.2, -0.15) is 58.8 Å². The van der Waals surface area contributed by atoms with Crippen molar-refractivity contribution in [2.75, 3.05) is 41.3 Å². The van der Waals surface area contributed by atoms with Crippen molar-refractivity contribution in [1.29, 1.82) is 0 Å². The molecule has 0 atom stereocenters. The maximum Gasteiger partial charge on any atom is 4.00 e. The van der Waals surface area contributed by atoms with Crippen LogP contribution in [0.5, 0.6) is 0 Å². The number of hydrogen-bond donors (Lipinski definition) is 0. The molecule has 2 aromatic carbocycles. The zero-order valence-corrected chi connectivity index (χ0v) is 15.9. The molecule has 0 bridgehead atoms. The molecular formula is C17H29N3Ti. The summed E-state index contributed by atoms with van der Waals surface area (Å²) in [5.74, 6) is 0. The molecule has 0 aromatic heterocycles. The number of benzene rings is 1. The molecule has 0 saturated carbocycles. The van der Waals surface area contributed by atoms with Crippen molar-refractivity contribution in [3.8, 4) is 0 Å². The first-order valence-corrected chi connectivity index (χ1v) is 6.91. The molecule has 0 fully saturated rings. The first kappa shape index (κ1) is 25.4. The van der Waals surface area contributed by atoms with Crippen molar-refractivity contribution in [3.63, 3.8) is 0 Å². The maximum absolute atomic E-state index is 3.97. The Labute approximate surface area is 146 Å². The third-order valence-electron chi connectivity index (χ3n) is 1.99. The van der Waals surface area contributed by atoms with Gasteiger partial charge in [0.05, 0.1) is 0 Å². The molecule has 0 aliphatic carbocycles. The molecule has 0 aliphatic rings. The quantitative estimate of drug-likeness (QED) is 0.539. The average molecular weight is 323 g/mol. The summed E-state index contributed by atoms with van der Waals surface area (Å²) >= 11 is 0. The molecule has 4 heteroatoms. The van der Waals surface area contributed by atoms with E-state index in [4.69, 9.17) is 0 Å². The summed E-state index contributed by atoms with van der Waals surface area (Å²) in [4.78, 5) is 0. The van der Waals surface area contributed by atoms with Crippen LogP contribution in [0.15, 0.2) is 42.5 Å². The average Bonchev–Trinajstić information content (AvgIpc) is 2.90. The van der Waals surface area contributed by atoms with E-state index >= 15 is 0 Å². The van der Waals surface area contributed by atoms with Gasteiger partial charge in [-0.15, -0.1) is 29.7 Å². The smallest absolute Gasteiger partial charge is 0.668 e. The van der Waals surface area contributed by atoms with Gasteiger partial charge in [-0.05, 0) is 0 Å². The Kier molecular flexibility index (Phi) is 26.2. The summed E-state index contributed by atoms with van der Waals surface area (Å²) in [7, 11) is 7.00. The Balaban J connectivity index is -0.000000235. The van der Waals surface area contributed by atoms with Crippen LogP contribution in [0, 0.1) is 0 Å². The topological polar surface area (TPSA) is 42.3 Å². The Bertz CT molecular complexity index is 354. The molecule has 0 amide bonds. The molecule has 0 radical (unpaired) electrons. The molecule has 0 saturated heterocycles. The first-order valence-electron chi connectivity index (χ1n) is 6.91. The van der Waals surface area contributed by atoms with Gasteiger partial charge in [-0.25, -0.2) is 0 Å². The molecule has 116 valence electrons. The van der Waals surface area contributed by atoms with Crippen LogP contribution in [0.2, 0.25) is 0 Å². The van der Waals surface area contributed by atoms with Crippen molar-refractivity contribution in [3.05, 3.63) is 58.4 Å². The maximum atomic E-state index is 3.97. The fourth-order valence-corrected chi connectivity index (χ4v) is 1.29. The fourth-order valence-electron chi connectivity index (χ4n) is 1.29. The van der Waals surface area contributed by atoms with E-state index in [2.05, 4.69) is 58.4 Å². The van der Waals surface area contributed by atoms with Crippen molar-refractivity contribution < 1.29 is 21.7 Å². The van der Waals surface area contributed by atoms with Gasteiger partial charge in [-0.1, -0.05) is 19.9 Å². The van der Waals surface area contributed by atoms with Gasteiger partial charge in [0.2, 0.25) is 0 Å². The van der Waals surface area contributed by atoms with Crippen LogP contribution >= 0.6 is 0 Å². The Hall–Kier alpha value is -0.576.